The first-order chi connectivity index (χ1) is 11.6. The average Bonchev–Trinajstić information content (AvgIpc) is 2.62. The highest BCUT2D eigenvalue weighted by molar-refractivity contribution is 5.91. The van der Waals surface area contributed by atoms with Crippen molar-refractivity contribution in [3.05, 3.63) is 65.6 Å². The fourth-order valence-corrected chi connectivity index (χ4v) is 2.00. The molecule has 0 aromatic heterocycles. The number of nitrogens with one attached hydrogen (secondary N) is 1. The number of nitrogens with zero attached hydrogens (tertiary/aromatic N) is 2. The number of rotatable bonds is 4. The number of hydrogen-bond acceptors (Lipinski definition) is 5. The molecule has 0 saturated carbocycles. The Hall–Kier alpha value is -3.64. The average molecular weight is 321 g/mol. The van der Waals surface area contributed by atoms with E-state index in [-0.39, 0.29) is 11.1 Å². The van der Waals surface area contributed by atoms with Crippen molar-refractivity contribution in [2.45, 2.75) is 0 Å². The molecule has 118 valence electrons. The number of methoxy groups -OCH3 is 1. The third kappa shape index (κ3) is 3.76. The Morgan fingerprint density at radius 3 is 2.54 bits per heavy atom. The van der Waals surface area contributed by atoms with Crippen LogP contribution in [0.25, 0.3) is 11.1 Å². The molecule has 0 bridgehead atoms. The van der Waals surface area contributed by atoms with E-state index in [1.165, 1.54) is 25.4 Å². The van der Waals surface area contributed by atoms with Gasteiger partial charge in [-0.25, -0.2) is 9.18 Å². The minimum Gasteiger partial charge on any atom is -0.465 e. The maximum Gasteiger partial charge on any atom is 0.340 e. The minimum absolute atomic E-state index is 0.0600. The molecule has 0 spiro atoms. The summed E-state index contributed by atoms with van der Waals surface area (Å²) in [6.07, 6.45) is 1.30. The second-order valence-electron chi connectivity index (χ2n) is 4.69. The highest BCUT2D eigenvalue weighted by Crippen LogP contribution is 2.25. The fraction of sp³-hybridized carbons (Fsp3) is 0.0556. The molecule has 24 heavy (non-hydrogen) atoms. The monoisotopic (exact) mass is 321 g/mol. The van der Waals surface area contributed by atoms with E-state index in [0.29, 0.717) is 11.3 Å². The smallest absolute Gasteiger partial charge is 0.340 e. The van der Waals surface area contributed by atoms with Crippen molar-refractivity contribution in [3.63, 3.8) is 0 Å². The number of allylic oxidation sites excluding steroid dienone is 1. The number of halogens is 1. The van der Waals surface area contributed by atoms with Gasteiger partial charge in [0.15, 0.2) is 0 Å². The molecule has 1 N–H and O–H groups in total. The van der Waals surface area contributed by atoms with Crippen molar-refractivity contribution >= 4 is 11.7 Å². The molecule has 5 nitrogen and oxygen atoms in total. The Bertz CT molecular complexity index is 876. The lowest BCUT2D eigenvalue weighted by molar-refractivity contribution is 0.0595. The first-order valence-corrected chi connectivity index (χ1v) is 6.84. The van der Waals surface area contributed by atoms with Crippen molar-refractivity contribution in [2.75, 3.05) is 12.4 Å². The summed E-state index contributed by atoms with van der Waals surface area (Å²) in [5, 5.41) is 20.3. The zero-order valence-electron chi connectivity index (χ0n) is 12.7. The molecule has 0 aliphatic rings. The maximum atomic E-state index is 13.7. The Kier molecular flexibility index (Phi) is 5.28. The van der Waals surface area contributed by atoms with Crippen molar-refractivity contribution in [3.8, 4) is 23.3 Å². The van der Waals surface area contributed by atoms with Crippen molar-refractivity contribution in [1.82, 2.24) is 0 Å². The minimum atomic E-state index is -0.751. The van der Waals surface area contributed by atoms with E-state index in [1.54, 1.807) is 42.5 Å². The van der Waals surface area contributed by atoms with E-state index in [9.17, 15) is 9.18 Å². The van der Waals surface area contributed by atoms with Crippen LogP contribution in [0.5, 0.6) is 0 Å². The first-order valence-electron chi connectivity index (χ1n) is 6.84. The van der Waals surface area contributed by atoms with Crippen molar-refractivity contribution in [1.29, 1.82) is 10.5 Å². The van der Waals surface area contributed by atoms with Crippen LogP contribution in [0.2, 0.25) is 0 Å². The third-order valence-corrected chi connectivity index (χ3v) is 3.19. The predicted molar refractivity (Wildman–Crippen MR) is 86.1 cm³/mol. The maximum absolute atomic E-state index is 13.7. The Labute approximate surface area is 138 Å². The second-order valence-corrected chi connectivity index (χ2v) is 4.69. The van der Waals surface area contributed by atoms with Gasteiger partial charge in [0.2, 0.25) is 0 Å². The van der Waals surface area contributed by atoms with Crippen molar-refractivity contribution in [2.24, 2.45) is 0 Å². The summed E-state index contributed by atoms with van der Waals surface area (Å²) in [6.45, 7) is 0. The number of anilines is 1. The molecule has 2 aromatic rings. The Balaban J connectivity index is 2.36. The highest BCUT2D eigenvalue weighted by Gasteiger charge is 2.13. The van der Waals surface area contributed by atoms with Crippen LogP contribution in [0, 0.1) is 28.5 Å². The van der Waals surface area contributed by atoms with E-state index >= 15 is 0 Å². The van der Waals surface area contributed by atoms with Gasteiger partial charge < -0.3 is 10.1 Å². The van der Waals surface area contributed by atoms with Crippen LogP contribution < -0.4 is 5.32 Å². The number of carbonyl (C=O) groups is 1. The van der Waals surface area contributed by atoms with Gasteiger partial charge in [-0.2, -0.15) is 10.5 Å². The second kappa shape index (κ2) is 7.57. The van der Waals surface area contributed by atoms with Gasteiger partial charge in [0.1, 0.15) is 23.5 Å². The SMILES string of the molecule is COC(=O)c1cc(-c2cccc(NC=C(C#N)C#N)c2)ccc1F. The van der Waals surface area contributed by atoms with Crippen LogP contribution in [0.15, 0.2) is 54.2 Å². The van der Waals surface area contributed by atoms with Crippen LogP contribution in [0.4, 0.5) is 10.1 Å². The normalized spacial score (nSPS) is 9.33. The van der Waals surface area contributed by atoms with Crippen LogP contribution in [-0.4, -0.2) is 13.1 Å². The molecule has 0 heterocycles. The summed E-state index contributed by atoms with van der Waals surface area (Å²) >= 11 is 0. The largest absolute Gasteiger partial charge is 0.465 e. The molecule has 0 unspecified atom stereocenters. The lowest BCUT2D eigenvalue weighted by atomic mass is 10.0. The summed E-state index contributed by atoms with van der Waals surface area (Å²) in [7, 11) is 1.19. The number of nitriles is 2. The van der Waals surface area contributed by atoms with Gasteiger partial charge in [-0.1, -0.05) is 18.2 Å². The molecule has 2 rings (SSSR count). The summed E-state index contributed by atoms with van der Waals surface area (Å²) in [5.41, 5.74) is 1.79. The predicted octanol–water partition coefficient (Wildman–Crippen LogP) is 3.62. The Morgan fingerprint density at radius 1 is 1.17 bits per heavy atom. The highest BCUT2D eigenvalue weighted by atomic mass is 19.1. The topological polar surface area (TPSA) is 85.9 Å². The number of ether oxygens (including phenoxy) is 1. The summed E-state index contributed by atoms with van der Waals surface area (Å²) in [5.74, 6) is -1.41. The molecule has 0 aliphatic heterocycles. The van der Waals surface area contributed by atoms with Crippen LogP contribution in [0.1, 0.15) is 10.4 Å². The van der Waals surface area contributed by atoms with Crippen LogP contribution >= 0.6 is 0 Å². The molecule has 2 aromatic carbocycles. The summed E-state index contributed by atoms with van der Waals surface area (Å²) < 4.78 is 18.3. The van der Waals surface area contributed by atoms with Gasteiger partial charge in [0.25, 0.3) is 0 Å². The van der Waals surface area contributed by atoms with Gasteiger partial charge in [0.05, 0.1) is 12.7 Å². The van der Waals surface area contributed by atoms with Gasteiger partial charge in [-0.15, -0.1) is 0 Å². The zero-order chi connectivity index (χ0) is 17.5. The number of hydrogen-bond donors (Lipinski definition) is 1. The molecule has 0 amide bonds. The molecular formula is C18H12FN3O2. The lowest BCUT2D eigenvalue weighted by Gasteiger charge is -2.08. The van der Waals surface area contributed by atoms with Gasteiger partial charge in [-0.3, -0.25) is 0 Å². The van der Waals surface area contributed by atoms with Crippen molar-refractivity contribution < 1.29 is 13.9 Å². The van der Waals surface area contributed by atoms with Crippen LogP contribution in [0.3, 0.4) is 0 Å². The number of esters is 1. The molecule has 0 aliphatic carbocycles. The third-order valence-electron chi connectivity index (χ3n) is 3.19. The molecule has 0 fully saturated rings. The fourth-order valence-electron chi connectivity index (χ4n) is 2.00. The molecule has 0 radical (unpaired) electrons. The molecule has 0 atom stereocenters. The van der Waals surface area contributed by atoms with Crippen LogP contribution in [-0.2, 0) is 4.74 Å². The van der Waals surface area contributed by atoms with Gasteiger partial charge >= 0.3 is 5.97 Å². The van der Waals surface area contributed by atoms with E-state index in [1.807, 2.05) is 0 Å². The van der Waals surface area contributed by atoms with E-state index in [2.05, 4.69) is 10.1 Å². The molecule has 6 heteroatoms. The summed E-state index contributed by atoms with van der Waals surface area (Å²) in [4.78, 5) is 11.6. The van der Waals surface area contributed by atoms with E-state index in [4.69, 9.17) is 10.5 Å². The number of benzene rings is 2. The lowest BCUT2D eigenvalue weighted by Crippen LogP contribution is -2.04. The van der Waals surface area contributed by atoms with Gasteiger partial charge in [0, 0.05) is 11.9 Å². The summed E-state index contributed by atoms with van der Waals surface area (Å²) in [6, 6.07) is 14.7. The quantitative estimate of drug-likeness (QED) is 0.686. The van der Waals surface area contributed by atoms with E-state index < -0.39 is 11.8 Å². The first kappa shape index (κ1) is 16.7. The molecular weight excluding hydrogens is 309 g/mol. The van der Waals surface area contributed by atoms with Gasteiger partial charge in [-0.05, 0) is 35.4 Å². The number of carbonyl (C=O) groups excluding carboxylic acids is 1. The Morgan fingerprint density at radius 2 is 1.88 bits per heavy atom. The standard InChI is InChI=1S/C18H12FN3O2/c1-24-18(23)16-8-14(5-6-17(16)19)13-3-2-4-15(7-13)22-11-12(9-20)10-21/h2-8,11,22H,1H3. The molecule has 0 saturated heterocycles. The van der Waals surface area contributed by atoms with E-state index in [0.717, 1.165) is 5.56 Å². The zero-order valence-corrected chi connectivity index (χ0v) is 12.7.